The molecule has 26 heavy (non-hydrogen) atoms. The van der Waals surface area contributed by atoms with Gasteiger partial charge in [0.15, 0.2) is 0 Å². The summed E-state index contributed by atoms with van der Waals surface area (Å²) in [5, 5.41) is 0. The van der Waals surface area contributed by atoms with Crippen molar-refractivity contribution < 1.29 is 0 Å². The monoisotopic (exact) mass is 332 g/mol. The zero-order valence-electron chi connectivity index (χ0n) is 14.8. The summed E-state index contributed by atoms with van der Waals surface area (Å²) in [7, 11) is 0. The van der Waals surface area contributed by atoms with Crippen LogP contribution in [0.25, 0.3) is 0 Å². The first-order chi connectivity index (χ1) is 12.8. The lowest BCUT2D eigenvalue weighted by molar-refractivity contribution is 0.543. The standard InChI is InChI=1S/C26H20/c1-26(20-13-5-6-14-20,19-11-3-2-4-12-19)25-23-17-9-7-15-21(23)22-16-8-10-18-24(22)25/h2-18H,1H3. The molecule has 1 unspecified atom stereocenters. The second kappa shape index (κ2) is 6.41. The van der Waals surface area contributed by atoms with Crippen LogP contribution >= 0.6 is 0 Å². The van der Waals surface area contributed by atoms with Crippen LogP contribution in [-0.4, -0.2) is 0 Å². The molecule has 0 heterocycles. The van der Waals surface area contributed by atoms with E-state index in [0.717, 1.165) is 0 Å². The van der Waals surface area contributed by atoms with Gasteiger partial charge in [-0.25, -0.2) is 0 Å². The van der Waals surface area contributed by atoms with Crippen molar-refractivity contribution in [1.29, 1.82) is 0 Å². The van der Waals surface area contributed by atoms with Crippen LogP contribution in [0.1, 0.15) is 12.5 Å². The first kappa shape index (κ1) is 16.4. The number of hydrogen-bond acceptors (Lipinski definition) is 0. The Balaban J connectivity index is 1.65. The molecule has 2 saturated carbocycles. The molecule has 1 aromatic rings. The Bertz CT molecular complexity index is 724. The molecule has 1 aromatic carbocycles. The lowest BCUT2D eigenvalue weighted by Crippen LogP contribution is -2.40. The topological polar surface area (TPSA) is 0 Å². The van der Waals surface area contributed by atoms with Gasteiger partial charge in [0.05, 0.1) is 0 Å². The van der Waals surface area contributed by atoms with Crippen LogP contribution in [0.4, 0.5) is 0 Å². The molecule has 4 aliphatic rings. The molecule has 0 amide bonds. The van der Waals surface area contributed by atoms with E-state index in [4.69, 9.17) is 0 Å². The van der Waals surface area contributed by atoms with Crippen LogP contribution in [0.5, 0.6) is 0 Å². The van der Waals surface area contributed by atoms with Crippen LogP contribution in [0, 0.1) is 61.2 Å². The maximum atomic E-state index is 2.37. The van der Waals surface area contributed by atoms with E-state index in [1.165, 1.54) is 41.1 Å². The highest BCUT2D eigenvalue weighted by Crippen LogP contribution is 2.66. The summed E-state index contributed by atoms with van der Waals surface area (Å²) >= 11 is 0. The molecule has 0 heteroatoms. The van der Waals surface area contributed by atoms with Gasteiger partial charge >= 0.3 is 0 Å². The Morgan fingerprint density at radius 3 is 1.65 bits per heavy atom. The van der Waals surface area contributed by atoms with Crippen molar-refractivity contribution in [3.05, 3.63) is 146 Å². The third-order valence-corrected chi connectivity index (χ3v) is 5.77. The van der Waals surface area contributed by atoms with Gasteiger partial charge in [-0.2, -0.15) is 0 Å². The highest BCUT2D eigenvalue weighted by Gasteiger charge is 2.59. The van der Waals surface area contributed by atoms with Crippen LogP contribution < -0.4 is 0 Å². The molecule has 0 N–H and O–H groups in total. The molecule has 0 aliphatic heterocycles. The van der Waals surface area contributed by atoms with Gasteiger partial charge in [0, 0.05) is 35.0 Å². The Morgan fingerprint density at radius 1 is 0.615 bits per heavy atom. The first-order valence-electron chi connectivity index (χ1n) is 9.14. The van der Waals surface area contributed by atoms with Crippen LogP contribution in [-0.2, 0) is 5.41 Å². The first-order valence-corrected chi connectivity index (χ1v) is 9.14. The van der Waals surface area contributed by atoms with Gasteiger partial charge < -0.3 is 0 Å². The molecular formula is C26H20. The fraction of sp³-hybridized carbons (Fsp3) is 0.0769. The van der Waals surface area contributed by atoms with Crippen molar-refractivity contribution in [1.82, 2.24) is 0 Å². The van der Waals surface area contributed by atoms with E-state index >= 15 is 0 Å². The molecule has 10 radical (unpaired) electrons. The van der Waals surface area contributed by atoms with E-state index in [9.17, 15) is 0 Å². The summed E-state index contributed by atoms with van der Waals surface area (Å²) < 4.78 is 0. The zero-order chi connectivity index (χ0) is 17.6. The van der Waals surface area contributed by atoms with E-state index in [2.05, 4.69) is 112 Å². The van der Waals surface area contributed by atoms with Gasteiger partial charge in [-0.15, -0.1) is 0 Å². The van der Waals surface area contributed by atoms with Crippen LogP contribution in [0.15, 0.2) is 78.9 Å². The molecule has 4 aliphatic carbocycles. The smallest absolute Gasteiger partial charge is 0.0209 e. The van der Waals surface area contributed by atoms with Gasteiger partial charge in [0.1, 0.15) is 0 Å². The summed E-state index contributed by atoms with van der Waals surface area (Å²) in [5.41, 5.74) is 1.13. The van der Waals surface area contributed by atoms with Gasteiger partial charge in [-0.3, -0.25) is 0 Å². The number of fused-ring (bicyclic) bond motifs is 3. The third kappa shape index (κ3) is 2.34. The Hall–Kier alpha value is -1.82. The third-order valence-electron chi connectivity index (χ3n) is 5.77. The zero-order valence-corrected chi connectivity index (χ0v) is 14.8. The number of hydrogen-bond donors (Lipinski definition) is 0. The Morgan fingerprint density at radius 2 is 1.12 bits per heavy atom. The van der Waals surface area contributed by atoms with Gasteiger partial charge in [-0.1, -0.05) is 85.9 Å². The molecule has 0 aromatic heterocycles. The van der Waals surface area contributed by atoms with Crippen molar-refractivity contribution in [2.45, 2.75) is 12.3 Å². The SMILES string of the molecule is CC([C]1[CH][CH][CH][CH]1)([C]1[C]2C=CC=C[C]2[C]2C=CC=C[C]21)c1ccccc1. The van der Waals surface area contributed by atoms with Crippen LogP contribution in [0.2, 0.25) is 0 Å². The minimum absolute atomic E-state index is 0.201. The Kier molecular flexibility index (Phi) is 4.03. The molecule has 124 valence electrons. The fourth-order valence-electron chi connectivity index (χ4n) is 4.49. The predicted molar refractivity (Wildman–Crippen MR) is 107 cm³/mol. The summed E-state index contributed by atoms with van der Waals surface area (Å²) in [4.78, 5) is 0. The average molecular weight is 332 g/mol. The maximum absolute atomic E-state index is 2.37. The van der Waals surface area contributed by atoms with E-state index < -0.39 is 0 Å². The second-order valence-corrected chi connectivity index (χ2v) is 7.13. The molecule has 0 spiro atoms. The summed E-state index contributed by atoms with van der Waals surface area (Å²) in [6.07, 6.45) is 26.4. The molecule has 1 atom stereocenters. The fourth-order valence-corrected chi connectivity index (χ4v) is 4.49. The normalized spacial score (nSPS) is 27.1. The lowest BCUT2D eigenvalue weighted by Gasteiger charge is -2.45. The highest BCUT2D eigenvalue weighted by molar-refractivity contribution is 5.80. The van der Waals surface area contributed by atoms with Crippen molar-refractivity contribution in [2.75, 3.05) is 0 Å². The minimum atomic E-state index is -0.201. The lowest BCUT2D eigenvalue weighted by atomic mass is 9.57. The van der Waals surface area contributed by atoms with E-state index in [1.807, 2.05) is 0 Å². The van der Waals surface area contributed by atoms with E-state index in [0.29, 0.717) is 0 Å². The van der Waals surface area contributed by atoms with Crippen molar-refractivity contribution in [3.63, 3.8) is 0 Å². The van der Waals surface area contributed by atoms with E-state index in [1.54, 1.807) is 0 Å². The molecule has 0 saturated heterocycles. The quantitative estimate of drug-likeness (QED) is 0.687. The largest absolute Gasteiger partial charge is 0.0758 e. The molecule has 0 bridgehead atoms. The van der Waals surface area contributed by atoms with E-state index in [-0.39, 0.29) is 5.41 Å². The number of allylic oxidation sites excluding steroid dienone is 8. The minimum Gasteiger partial charge on any atom is -0.0758 e. The Labute approximate surface area is 158 Å². The molecule has 0 nitrogen and oxygen atoms in total. The molecule has 5 rings (SSSR count). The predicted octanol–water partition coefficient (Wildman–Crippen LogP) is 5.49. The van der Waals surface area contributed by atoms with Gasteiger partial charge in [0.25, 0.3) is 0 Å². The number of benzene rings is 1. The van der Waals surface area contributed by atoms with Crippen LogP contribution in [0.3, 0.4) is 0 Å². The molecule has 2 fully saturated rings. The summed E-state index contributed by atoms with van der Waals surface area (Å²) in [6.45, 7) is 2.37. The average Bonchev–Trinajstić information content (AvgIpc) is 3.35. The summed E-state index contributed by atoms with van der Waals surface area (Å²) in [6, 6.07) is 10.9. The van der Waals surface area contributed by atoms with Gasteiger partial charge in [-0.05, 0) is 37.2 Å². The van der Waals surface area contributed by atoms with Gasteiger partial charge in [0.2, 0.25) is 0 Å². The molecular weight excluding hydrogens is 312 g/mol. The maximum Gasteiger partial charge on any atom is 0.0209 e. The van der Waals surface area contributed by atoms with Crippen molar-refractivity contribution in [2.24, 2.45) is 0 Å². The van der Waals surface area contributed by atoms with Crippen molar-refractivity contribution >= 4 is 0 Å². The van der Waals surface area contributed by atoms with Crippen molar-refractivity contribution in [3.8, 4) is 0 Å². The highest BCUT2D eigenvalue weighted by atomic mass is 14.6. The second-order valence-electron chi connectivity index (χ2n) is 7.13. The summed E-state index contributed by atoms with van der Waals surface area (Å²) in [5.74, 6) is 8.12. The number of rotatable bonds is 3.